The molecule has 1 saturated heterocycles. The van der Waals surface area contributed by atoms with Gasteiger partial charge >= 0.3 is 0 Å². The summed E-state index contributed by atoms with van der Waals surface area (Å²) in [5.41, 5.74) is 1.91. The molecule has 1 aromatic heterocycles. The van der Waals surface area contributed by atoms with Gasteiger partial charge in [-0.2, -0.15) is 0 Å². The molecule has 1 aromatic carbocycles. The average molecular weight is 358 g/mol. The molecule has 0 spiro atoms. The lowest BCUT2D eigenvalue weighted by Crippen LogP contribution is -2.50. The highest BCUT2D eigenvalue weighted by molar-refractivity contribution is 7.81. The van der Waals surface area contributed by atoms with Gasteiger partial charge in [-0.15, -0.1) is 0 Å². The van der Waals surface area contributed by atoms with Crippen molar-refractivity contribution in [1.82, 2.24) is 14.8 Å². The van der Waals surface area contributed by atoms with Crippen molar-refractivity contribution in [3.05, 3.63) is 59.9 Å². The number of aromatic nitrogens is 1. The van der Waals surface area contributed by atoms with Crippen LogP contribution in [0.4, 0.5) is 0 Å². The van der Waals surface area contributed by atoms with Gasteiger partial charge in [0.1, 0.15) is 15.7 Å². The van der Waals surface area contributed by atoms with E-state index in [1.807, 2.05) is 42.5 Å². The molecule has 3 rings (SSSR count). The van der Waals surface area contributed by atoms with E-state index in [9.17, 15) is 0 Å². The van der Waals surface area contributed by atoms with E-state index in [2.05, 4.69) is 14.8 Å². The number of ether oxygens (including phenoxy) is 1. The summed E-state index contributed by atoms with van der Waals surface area (Å²) in [6, 6.07) is 13.7. The lowest BCUT2D eigenvalue weighted by molar-refractivity contribution is 0.265. The Kier molecular flexibility index (Phi) is 5.37. The number of benzene rings is 1. The van der Waals surface area contributed by atoms with Gasteiger partial charge in [0, 0.05) is 37.9 Å². The van der Waals surface area contributed by atoms with Crippen LogP contribution < -0.4 is 4.74 Å². The Labute approximate surface area is 153 Å². The zero-order chi connectivity index (χ0) is 16.9. The highest BCUT2D eigenvalue weighted by Gasteiger charge is 2.22. The molecular formula is C18H19N3OS2. The first-order chi connectivity index (χ1) is 11.7. The lowest BCUT2D eigenvalue weighted by atomic mass is 10.2. The van der Waals surface area contributed by atoms with E-state index in [1.165, 1.54) is 0 Å². The van der Waals surface area contributed by atoms with Gasteiger partial charge in [0.15, 0.2) is 0 Å². The monoisotopic (exact) mass is 357 g/mol. The molecular weight excluding hydrogens is 338 g/mol. The maximum atomic E-state index is 5.64. The summed E-state index contributed by atoms with van der Waals surface area (Å²) in [5.74, 6) is 0.840. The molecule has 0 N–H and O–H groups in total. The van der Waals surface area contributed by atoms with Gasteiger partial charge in [0.05, 0.1) is 12.8 Å². The minimum atomic E-state index is 0.811. The SMILES string of the molecule is COc1ccc(C(=S)N2CCN(C(=S)c3ccccn3)CC2)cc1. The van der Waals surface area contributed by atoms with Gasteiger partial charge in [-0.3, -0.25) is 4.98 Å². The van der Waals surface area contributed by atoms with E-state index in [4.69, 9.17) is 29.2 Å². The number of rotatable bonds is 3. The molecule has 0 atom stereocenters. The Morgan fingerprint density at radius 2 is 1.54 bits per heavy atom. The van der Waals surface area contributed by atoms with Crippen LogP contribution in [0, 0.1) is 0 Å². The summed E-state index contributed by atoms with van der Waals surface area (Å²) in [6.45, 7) is 3.42. The van der Waals surface area contributed by atoms with E-state index >= 15 is 0 Å². The van der Waals surface area contributed by atoms with E-state index in [1.54, 1.807) is 13.3 Å². The zero-order valence-electron chi connectivity index (χ0n) is 13.5. The Bertz CT molecular complexity index is 711. The second-order valence-electron chi connectivity index (χ2n) is 5.53. The van der Waals surface area contributed by atoms with E-state index in [-0.39, 0.29) is 0 Å². The Balaban J connectivity index is 1.60. The molecule has 0 radical (unpaired) electrons. The molecule has 4 nitrogen and oxygen atoms in total. The van der Waals surface area contributed by atoms with Crippen molar-refractivity contribution in [2.75, 3.05) is 33.3 Å². The fourth-order valence-electron chi connectivity index (χ4n) is 2.68. The molecule has 24 heavy (non-hydrogen) atoms. The van der Waals surface area contributed by atoms with Crippen molar-refractivity contribution < 1.29 is 4.74 Å². The molecule has 124 valence electrons. The van der Waals surface area contributed by atoms with Gasteiger partial charge < -0.3 is 14.5 Å². The number of hydrogen-bond donors (Lipinski definition) is 0. The first kappa shape index (κ1) is 16.8. The topological polar surface area (TPSA) is 28.6 Å². The van der Waals surface area contributed by atoms with Crippen LogP contribution in [0.3, 0.4) is 0 Å². The summed E-state index contributed by atoms with van der Waals surface area (Å²) >= 11 is 11.2. The van der Waals surface area contributed by atoms with Crippen LogP contribution in [-0.4, -0.2) is 58.0 Å². The molecule has 6 heteroatoms. The van der Waals surface area contributed by atoms with Crippen molar-refractivity contribution in [3.8, 4) is 5.75 Å². The smallest absolute Gasteiger partial charge is 0.128 e. The molecule has 2 heterocycles. The molecule has 0 amide bonds. The Morgan fingerprint density at radius 1 is 0.917 bits per heavy atom. The fourth-order valence-corrected chi connectivity index (χ4v) is 3.30. The van der Waals surface area contributed by atoms with Crippen LogP contribution in [0.2, 0.25) is 0 Å². The largest absolute Gasteiger partial charge is 0.497 e. The molecule has 0 bridgehead atoms. The number of piperazine rings is 1. The summed E-state index contributed by atoms with van der Waals surface area (Å²) in [7, 11) is 1.66. The molecule has 0 saturated carbocycles. The normalized spacial score (nSPS) is 14.4. The van der Waals surface area contributed by atoms with E-state index in [0.717, 1.165) is 53.2 Å². The van der Waals surface area contributed by atoms with Crippen LogP contribution >= 0.6 is 24.4 Å². The van der Waals surface area contributed by atoms with E-state index < -0.39 is 0 Å². The highest BCUT2D eigenvalue weighted by Crippen LogP contribution is 2.16. The van der Waals surface area contributed by atoms with Gasteiger partial charge in [-0.25, -0.2) is 0 Å². The first-order valence-electron chi connectivity index (χ1n) is 7.82. The predicted octanol–water partition coefficient (Wildman–Crippen LogP) is 2.76. The van der Waals surface area contributed by atoms with Crippen LogP contribution in [0.25, 0.3) is 0 Å². The second-order valence-corrected chi connectivity index (χ2v) is 6.30. The summed E-state index contributed by atoms with van der Waals surface area (Å²) in [6.07, 6.45) is 1.77. The summed E-state index contributed by atoms with van der Waals surface area (Å²) in [4.78, 5) is 10.5. The van der Waals surface area contributed by atoms with Crippen molar-refractivity contribution >= 4 is 34.4 Å². The molecule has 0 unspecified atom stereocenters. The summed E-state index contributed by atoms with van der Waals surface area (Å²) in [5, 5.41) is 0. The average Bonchev–Trinajstić information content (AvgIpc) is 2.68. The lowest BCUT2D eigenvalue weighted by Gasteiger charge is -2.37. The first-order valence-corrected chi connectivity index (χ1v) is 8.64. The van der Waals surface area contributed by atoms with Crippen LogP contribution in [0.5, 0.6) is 5.75 Å². The third-order valence-electron chi connectivity index (χ3n) is 4.08. The molecule has 1 aliphatic rings. The minimum Gasteiger partial charge on any atom is -0.497 e. The maximum Gasteiger partial charge on any atom is 0.128 e. The maximum absolute atomic E-state index is 5.64. The van der Waals surface area contributed by atoms with Crippen molar-refractivity contribution in [2.24, 2.45) is 0 Å². The summed E-state index contributed by atoms with van der Waals surface area (Å²) < 4.78 is 5.19. The van der Waals surface area contributed by atoms with Crippen LogP contribution in [0.15, 0.2) is 48.7 Å². The van der Waals surface area contributed by atoms with Crippen molar-refractivity contribution in [1.29, 1.82) is 0 Å². The second kappa shape index (κ2) is 7.68. The number of thiocarbonyl (C=S) groups is 2. The van der Waals surface area contributed by atoms with E-state index in [0.29, 0.717) is 0 Å². The molecule has 2 aromatic rings. The molecule has 1 fully saturated rings. The van der Waals surface area contributed by atoms with Gasteiger partial charge in [0.2, 0.25) is 0 Å². The number of pyridine rings is 1. The number of hydrogen-bond acceptors (Lipinski definition) is 4. The third kappa shape index (κ3) is 3.71. The minimum absolute atomic E-state index is 0.811. The molecule has 0 aliphatic carbocycles. The van der Waals surface area contributed by atoms with Crippen molar-refractivity contribution in [2.45, 2.75) is 0 Å². The van der Waals surface area contributed by atoms with Gasteiger partial charge in [0.25, 0.3) is 0 Å². The quantitative estimate of drug-likeness (QED) is 0.785. The standard InChI is InChI=1S/C18H19N3OS2/c1-22-15-7-5-14(6-8-15)17(23)20-10-12-21(13-11-20)18(24)16-4-2-3-9-19-16/h2-9H,10-13H2,1H3. The van der Waals surface area contributed by atoms with Gasteiger partial charge in [-0.1, -0.05) is 30.5 Å². The van der Waals surface area contributed by atoms with Gasteiger partial charge in [-0.05, 0) is 36.4 Å². The number of nitrogens with zero attached hydrogens (tertiary/aromatic N) is 3. The number of methoxy groups -OCH3 is 1. The fraction of sp³-hybridized carbons (Fsp3) is 0.278. The highest BCUT2D eigenvalue weighted by atomic mass is 32.1. The third-order valence-corrected chi connectivity index (χ3v) is 5.04. The van der Waals surface area contributed by atoms with Crippen molar-refractivity contribution in [3.63, 3.8) is 0 Å². The Hall–Kier alpha value is -2.05. The van der Waals surface area contributed by atoms with Crippen LogP contribution in [0.1, 0.15) is 11.3 Å². The zero-order valence-corrected chi connectivity index (χ0v) is 15.1. The Morgan fingerprint density at radius 3 is 2.08 bits per heavy atom. The van der Waals surface area contributed by atoms with Crippen LogP contribution in [-0.2, 0) is 0 Å². The molecule has 1 aliphatic heterocycles. The predicted molar refractivity (Wildman–Crippen MR) is 104 cm³/mol.